The summed E-state index contributed by atoms with van der Waals surface area (Å²) in [6.07, 6.45) is 2.70. The van der Waals surface area contributed by atoms with E-state index in [1.165, 1.54) is 0 Å². The van der Waals surface area contributed by atoms with E-state index in [4.69, 9.17) is 0 Å². The molecular weight excluding hydrogens is 238 g/mol. The Morgan fingerprint density at radius 1 is 1.37 bits per heavy atom. The van der Waals surface area contributed by atoms with Gasteiger partial charge in [0.15, 0.2) is 5.82 Å². The largest absolute Gasteiger partial charge is 0.308 e. The molecule has 1 saturated carbocycles. The fourth-order valence-corrected chi connectivity index (χ4v) is 2.37. The Kier molecular flexibility index (Phi) is 2.85. The zero-order chi connectivity index (χ0) is 13.3. The number of nitrogens with one attached hydrogen (secondary N) is 2. The van der Waals surface area contributed by atoms with Crippen LogP contribution in [-0.2, 0) is 16.6 Å². The topological polar surface area (TPSA) is 57.8 Å². The first-order chi connectivity index (χ1) is 9.24. The number of rotatable bonds is 4. The number of aromatic nitrogens is 2. The molecular formula is C15H17N3O. The summed E-state index contributed by atoms with van der Waals surface area (Å²) in [5, 5.41) is 9.93. The standard InChI is InChI=1S/C15H17N3O/c1-2-12-10-13(18-17-12)16-14(19)15(8-9-15)11-6-4-3-5-7-11/h3-7,10H,2,8-9H2,1H3,(H2,16,17,18,19). The molecule has 0 bridgehead atoms. The Balaban J connectivity index is 1.77. The monoisotopic (exact) mass is 255 g/mol. The van der Waals surface area contributed by atoms with Crippen molar-refractivity contribution in [2.45, 2.75) is 31.6 Å². The molecule has 4 nitrogen and oxygen atoms in total. The zero-order valence-electron chi connectivity index (χ0n) is 10.9. The van der Waals surface area contributed by atoms with Crippen LogP contribution in [0.4, 0.5) is 5.82 Å². The first-order valence-electron chi connectivity index (χ1n) is 6.66. The number of aromatic amines is 1. The SMILES string of the molecule is CCc1cc(NC(=O)C2(c3ccccc3)CC2)n[nH]1. The predicted octanol–water partition coefficient (Wildman–Crippen LogP) is 2.64. The Morgan fingerprint density at radius 2 is 2.11 bits per heavy atom. The van der Waals surface area contributed by atoms with Crippen molar-refractivity contribution in [2.75, 3.05) is 5.32 Å². The van der Waals surface area contributed by atoms with Gasteiger partial charge in [0.05, 0.1) is 5.41 Å². The minimum Gasteiger partial charge on any atom is -0.308 e. The minimum atomic E-state index is -0.341. The summed E-state index contributed by atoms with van der Waals surface area (Å²) in [4.78, 5) is 12.4. The smallest absolute Gasteiger partial charge is 0.236 e. The van der Waals surface area contributed by atoms with Crippen molar-refractivity contribution in [3.8, 4) is 0 Å². The molecule has 0 saturated heterocycles. The lowest BCUT2D eigenvalue weighted by molar-refractivity contribution is -0.118. The normalized spacial score (nSPS) is 16.1. The summed E-state index contributed by atoms with van der Waals surface area (Å²) < 4.78 is 0. The fraction of sp³-hybridized carbons (Fsp3) is 0.333. The van der Waals surface area contributed by atoms with Crippen LogP contribution in [0.1, 0.15) is 31.0 Å². The van der Waals surface area contributed by atoms with Gasteiger partial charge in [-0.15, -0.1) is 0 Å². The number of hydrogen-bond donors (Lipinski definition) is 2. The number of H-pyrrole nitrogens is 1. The second-order valence-corrected chi connectivity index (χ2v) is 5.03. The third-order valence-electron chi connectivity index (χ3n) is 3.76. The Bertz CT molecular complexity index is 584. The van der Waals surface area contributed by atoms with Gasteiger partial charge in [-0.05, 0) is 24.8 Å². The molecule has 0 spiro atoms. The van der Waals surface area contributed by atoms with Crippen LogP contribution < -0.4 is 5.32 Å². The van der Waals surface area contributed by atoms with Crippen LogP contribution in [0, 0.1) is 0 Å². The molecule has 1 aromatic carbocycles. The van der Waals surface area contributed by atoms with E-state index in [0.717, 1.165) is 30.5 Å². The molecule has 19 heavy (non-hydrogen) atoms. The van der Waals surface area contributed by atoms with Crippen molar-refractivity contribution in [1.82, 2.24) is 10.2 Å². The zero-order valence-corrected chi connectivity index (χ0v) is 10.9. The van der Waals surface area contributed by atoms with Gasteiger partial charge in [0, 0.05) is 11.8 Å². The summed E-state index contributed by atoms with van der Waals surface area (Å²) in [5.41, 5.74) is 1.78. The molecule has 3 rings (SSSR count). The quantitative estimate of drug-likeness (QED) is 0.882. The van der Waals surface area contributed by atoms with Crippen molar-refractivity contribution in [3.05, 3.63) is 47.7 Å². The molecule has 0 unspecified atom stereocenters. The molecule has 0 radical (unpaired) electrons. The number of carbonyl (C=O) groups is 1. The van der Waals surface area contributed by atoms with Crippen molar-refractivity contribution in [3.63, 3.8) is 0 Å². The highest BCUT2D eigenvalue weighted by Crippen LogP contribution is 2.48. The molecule has 4 heteroatoms. The number of hydrogen-bond acceptors (Lipinski definition) is 2. The molecule has 1 fully saturated rings. The van der Waals surface area contributed by atoms with Crippen LogP contribution in [0.5, 0.6) is 0 Å². The highest BCUT2D eigenvalue weighted by molar-refractivity contribution is 6.00. The molecule has 98 valence electrons. The molecule has 1 aromatic heterocycles. The maximum atomic E-state index is 12.4. The van der Waals surface area contributed by atoms with Crippen LogP contribution in [0.3, 0.4) is 0 Å². The summed E-state index contributed by atoms with van der Waals surface area (Å²) in [6, 6.07) is 11.9. The Hall–Kier alpha value is -2.10. The maximum absolute atomic E-state index is 12.4. The van der Waals surface area contributed by atoms with E-state index in [9.17, 15) is 4.79 Å². The van der Waals surface area contributed by atoms with Crippen molar-refractivity contribution < 1.29 is 4.79 Å². The molecule has 1 aliphatic carbocycles. The summed E-state index contributed by atoms with van der Waals surface area (Å²) in [7, 11) is 0. The van der Waals surface area contributed by atoms with Crippen molar-refractivity contribution in [2.24, 2.45) is 0 Å². The first-order valence-corrected chi connectivity index (χ1v) is 6.66. The second kappa shape index (κ2) is 4.53. The molecule has 1 heterocycles. The van der Waals surface area contributed by atoms with Gasteiger partial charge in [0.25, 0.3) is 0 Å². The van der Waals surface area contributed by atoms with Gasteiger partial charge in [-0.25, -0.2) is 0 Å². The number of anilines is 1. The average molecular weight is 255 g/mol. The van der Waals surface area contributed by atoms with Gasteiger partial charge in [-0.3, -0.25) is 9.89 Å². The second-order valence-electron chi connectivity index (χ2n) is 5.03. The van der Waals surface area contributed by atoms with Crippen LogP contribution in [0.25, 0.3) is 0 Å². The van der Waals surface area contributed by atoms with E-state index in [1.54, 1.807) is 0 Å². The van der Waals surface area contributed by atoms with Gasteiger partial charge < -0.3 is 5.32 Å². The Labute approximate surface area is 112 Å². The van der Waals surface area contributed by atoms with Crippen LogP contribution in [0.15, 0.2) is 36.4 Å². The van der Waals surface area contributed by atoms with Crippen molar-refractivity contribution >= 4 is 11.7 Å². The number of nitrogens with zero attached hydrogens (tertiary/aromatic N) is 1. The summed E-state index contributed by atoms with van der Waals surface area (Å²) >= 11 is 0. The lowest BCUT2D eigenvalue weighted by Crippen LogP contribution is -2.27. The fourth-order valence-electron chi connectivity index (χ4n) is 2.37. The van der Waals surface area contributed by atoms with Crippen LogP contribution >= 0.6 is 0 Å². The molecule has 0 atom stereocenters. The maximum Gasteiger partial charge on any atom is 0.236 e. The van der Waals surface area contributed by atoms with Gasteiger partial charge in [-0.2, -0.15) is 5.10 Å². The van der Waals surface area contributed by atoms with Crippen LogP contribution in [-0.4, -0.2) is 16.1 Å². The number of aryl methyl sites for hydroxylation is 1. The Morgan fingerprint density at radius 3 is 2.68 bits per heavy atom. The predicted molar refractivity (Wildman–Crippen MR) is 73.9 cm³/mol. The van der Waals surface area contributed by atoms with Gasteiger partial charge in [0.2, 0.25) is 5.91 Å². The summed E-state index contributed by atoms with van der Waals surface area (Å²) in [5.74, 6) is 0.664. The number of benzene rings is 1. The average Bonchev–Trinajstić information content (AvgIpc) is 3.15. The molecule has 0 aliphatic heterocycles. The molecule has 2 N–H and O–H groups in total. The highest BCUT2D eigenvalue weighted by atomic mass is 16.2. The van der Waals surface area contributed by atoms with E-state index < -0.39 is 0 Å². The van der Waals surface area contributed by atoms with E-state index in [2.05, 4.69) is 15.5 Å². The number of carbonyl (C=O) groups excluding carboxylic acids is 1. The summed E-state index contributed by atoms with van der Waals surface area (Å²) in [6.45, 7) is 2.05. The van der Waals surface area contributed by atoms with E-state index >= 15 is 0 Å². The number of amides is 1. The van der Waals surface area contributed by atoms with Gasteiger partial charge in [-0.1, -0.05) is 37.3 Å². The van der Waals surface area contributed by atoms with E-state index in [1.807, 2.05) is 43.3 Å². The van der Waals surface area contributed by atoms with Gasteiger partial charge >= 0.3 is 0 Å². The van der Waals surface area contributed by atoms with Crippen molar-refractivity contribution in [1.29, 1.82) is 0 Å². The third-order valence-corrected chi connectivity index (χ3v) is 3.76. The van der Waals surface area contributed by atoms with Gasteiger partial charge in [0.1, 0.15) is 0 Å². The van der Waals surface area contributed by atoms with Crippen LogP contribution in [0.2, 0.25) is 0 Å². The minimum absolute atomic E-state index is 0.0489. The van der Waals surface area contributed by atoms with E-state index in [-0.39, 0.29) is 11.3 Å². The lowest BCUT2D eigenvalue weighted by Gasteiger charge is -2.14. The highest BCUT2D eigenvalue weighted by Gasteiger charge is 2.51. The third kappa shape index (κ3) is 2.14. The molecule has 2 aromatic rings. The lowest BCUT2D eigenvalue weighted by atomic mass is 9.95. The molecule has 1 amide bonds. The van der Waals surface area contributed by atoms with E-state index in [0.29, 0.717) is 5.82 Å². The first kappa shape index (κ1) is 12.0. The molecule has 1 aliphatic rings.